The van der Waals surface area contributed by atoms with Crippen molar-refractivity contribution in [3.63, 3.8) is 0 Å². The lowest BCUT2D eigenvalue weighted by Gasteiger charge is -2.05. The summed E-state index contributed by atoms with van der Waals surface area (Å²) in [4.78, 5) is 31.7. The van der Waals surface area contributed by atoms with E-state index in [0.29, 0.717) is 16.9 Å². The summed E-state index contributed by atoms with van der Waals surface area (Å²) < 4.78 is 13.3. The Hall–Kier alpha value is -3.52. The number of rotatable bonds is 4. The molecule has 0 spiro atoms. The zero-order valence-corrected chi connectivity index (χ0v) is 14.5. The first-order valence-electron chi connectivity index (χ1n) is 7.90. The molecule has 134 valence electrons. The first-order chi connectivity index (χ1) is 13.0. The van der Waals surface area contributed by atoms with Crippen LogP contribution in [0.1, 0.15) is 20.7 Å². The van der Waals surface area contributed by atoms with Crippen molar-refractivity contribution in [3.05, 3.63) is 70.9 Å². The number of amides is 1. The number of hydrogen-bond acceptors (Lipinski definition) is 4. The number of hydrogen-bond donors (Lipinski definition) is 3. The highest BCUT2D eigenvalue weighted by Crippen LogP contribution is 2.35. The number of fused-ring (bicyclic) bond motifs is 1. The fraction of sp³-hybridized carbons (Fsp3) is 0. The average Bonchev–Trinajstić information content (AvgIpc) is 3.25. The number of carboxylic acids is 1. The smallest absolute Gasteiger partial charge is 0.339 e. The van der Waals surface area contributed by atoms with E-state index < -0.39 is 17.7 Å². The molecule has 27 heavy (non-hydrogen) atoms. The van der Waals surface area contributed by atoms with Crippen molar-refractivity contribution in [1.82, 2.24) is 9.97 Å². The fourth-order valence-corrected chi connectivity index (χ4v) is 3.65. The Morgan fingerprint density at radius 1 is 1.15 bits per heavy atom. The maximum Gasteiger partial charge on any atom is 0.339 e. The molecule has 2 aromatic heterocycles. The van der Waals surface area contributed by atoms with Crippen LogP contribution >= 0.6 is 11.3 Å². The second-order valence-corrected chi connectivity index (χ2v) is 6.61. The van der Waals surface area contributed by atoms with Crippen LogP contribution in [0.3, 0.4) is 0 Å². The lowest BCUT2D eigenvalue weighted by atomic mass is 10.1. The molecule has 0 bridgehead atoms. The molecule has 0 atom stereocenters. The molecule has 4 aromatic rings. The van der Waals surface area contributed by atoms with Crippen molar-refractivity contribution in [2.45, 2.75) is 0 Å². The number of halogens is 1. The summed E-state index contributed by atoms with van der Waals surface area (Å²) in [7, 11) is 0. The lowest BCUT2D eigenvalue weighted by molar-refractivity contribution is 0.0699. The summed E-state index contributed by atoms with van der Waals surface area (Å²) in [5.74, 6) is -1.93. The minimum Gasteiger partial charge on any atom is -0.478 e. The second kappa shape index (κ2) is 6.65. The summed E-state index contributed by atoms with van der Waals surface area (Å²) in [6.07, 6.45) is 0. The Labute approximate surface area is 156 Å². The van der Waals surface area contributed by atoms with Gasteiger partial charge in [0, 0.05) is 16.5 Å². The predicted octanol–water partition coefficient (Wildman–Crippen LogP) is 4.38. The van der Waals surface area contributed by atoms with Crippen molar-refractivity contribution in [1.29, 1.82) is 0 Å². The molecule has 0 saturated carbocycles. The monoisotopic (exact) mass is 381 g/mol. The maximum absolute atomic E-state index is 13.3. The van der Waals surface area contributed by atoms with Gasteiger partial charge < -0.3 is 15.4 Å². The SMILES string of the molecule is O=C(Nc1scc(-c2nc3ccccc3[nH]2)c1C(=O)O)c1cccc(F)c1. The number of carbonyl (C=O) groups is 2. The van der Waals surface area contributed by atoms with Gasteiger partial charge in [0.25, 0.3) is 5.91 Å². The maximum atomic E-state index is 13.3. The zero-order valence-electron chi connectivity index (χ0n) is 13.7. The van der Waals surface area contributed by atoms with Gasteiger partial charge in [-0.25, -0.2) is 14.2 Å². The van der Waals surface area contributed by atoms with E-state index in [9.17, 15) is 19.1 Å². The number of carboxylic acid groups (broad SMARTS) is 1. The van der Waals surface area contributed by atoms with Crippen LogP contribution in [0, 0.1) is 5.82 Å². The standard InChI is InChI=1S/C19H12FN3O3S/c20-11-5-3-4-10(8-11)17(24)23-18-15(19(25)26)12(9-27-18)16-21-13-6-1-2-7-14(13)22-16/h1-9H,(H,21,22)(H,23,24)(H,25,26). The molecule has 0 radical (unpaired) electrons. The molecule has 4 rings (SSSR count). The molecule has 8 heteroatoms. The first kappa shape index (κ1) is 16.9. The molecule has 0 unspecified atom stereocenters. The predicted molar refractivity (Wildman–Crippen MR) is 101 cm³/mol. The van der Waals surface area contributed by atoms with Gasteiger partial charge in [0.15, 0.2) is 0 Å². The molecule has 1 amide bonds. The van der Waals surface area contributed by atoms with Crippen LogP contribution in [0.4, 0.5) is 9.39 Å². The number of benzene rings is 2. The van der Waals surface area contributed by atoms with Crippen LogP contribution in [0.25, 0.3) is 22.4 Å². The molecule has 3 N–H and O–H groups in total. The van der Waals surface area contributed by atoms with Gasteiger partial charge in [-0.2, -0.15) is 0 Å². The number of para-hydroxylation sites is 2. The highest BCUT2D eigenvalue weighted by molar-refractivity contribution is 7.15. The van der Waals surface area contributed by atoms with Gasteiger partial charge in [0.2, 0.25) is 0 Å². The second-order valence-electron chi connectivity index (χ2n) is 5.73. The van der Waals surface area contributed by atoms with E-state index >= 15 is 0 Å². The van der Waals surface area contributed by atoms with Gasteiger partial charge in [-0.1, -0.05) is 18.2 Å². The van der Waals surface area contributed by atoms with Gasteiger partial charge in [0.1, 0.15) is 22.2 Å². The Morgan fingerprint density at radius 3 is 2.70 bits per heavy atom. The van der Waals surface area contributed by atoms with E-state index in [1.54, 1.807) is 5.38 Å². The Kier molecular flexibility index (Phi) is 4.17. The van der Waals surface area contributed by atoms with Crippen LogP contribution < -0.4 is 5.32 Å². The molecule has 0 aliphatic carbocycles. The third kappa shape index (κ3) is 3.18. The van der Waals surface area contributed by atoms with Crippen LogP contribution in [0.15, 0.2) is 53.9 Å². The third-order valence-corrected chi connectivity index (χ3v) is 4.86. The number of aromatic amines is 1. The number of H-pyrrole nitrogens is 1. The van der Waals surface area contributed by atoms with E-state index in [0.717, 1.165) is 22.9 Å². The van der Waals surface area contributed by atoms with Crippen molar-refractivity contribution in [2.24, 2.45) is 0 Å². The zero-order chi connectivity index (χ0) is 19.0. The molecule has 2 aromatic carbocycles. The van der Waals surface area contributed by atoms with Crippen molar-refractivity contribution < 1.29 is 19.1 Å². The third-order valence-electron chi connectivity index (χ3n) is 3.96. The van der Waals surface area contributed by atoms with Crippen LogP contribution in [0.5, 0.6) is 0 Å². The number of carbonyl (C=O) groups excluding carboxylic acids is 1. The number of thiophene rings is 1. The number of imidazole rings is 1. The topological polar surface area (TPSA) is 95.1 Å². The Bertz CT molecular complexity index is 1150. The largest absolute Gasteiger partial charge is 0.478 e. The highest BCUT2D eigenvalue weighted by atomic mass is 32.1. The van der Waals surface area contributed by atoms with Crippen molar-refractivity contribution in [3.8, 4) is 11.4 Å². The number of aromatic nitrogens is 2. The average molecular weight is 381 g/mol. The van der Waals surface area contributed by atoms with Crippen LogP contribution in [-0.2, 0) is 0 Å². The number of nitrogens with one attached hydrogen (secondary N) is 2. The summed E-state index contributed by atoms with van der Waals surface area (Å²) in [5.41, 5.74) is 1.90. The van der Waals surface area contributed by atoms with Crippen LogP contribution in [0.2, 0.25) is 0 Å². The van der Waals surface area contributed by atoms with Gasteiger partial charge in [-0.3, -0.25) is 4.79 Å². The number of aromatic carboxylic acids is 1. The fourth-order valence-electron chi connectivity index (χ4n) is 2.72. The van der Waals surface area contributed by atoms with E-state index in [4.69, 9.17) is 0 Å². The van der Waals surface area contributed by atoms with E-state index in [1.807, 2.05) is 24.3 Å². The van der Waals surface area contributed by atoms with Crippen molar-refractivity contribution >= 4 is 39.2 Å². The molecule has 0 saturated heterocycles. The lowest BCUT2D eigenvalue weighted by Crippen LogP contribution is -2.13. The molecule has 2 heterocycles. The molecule has 0 fully saturated rings. The van der Waals surface area contributed by atoms with E-state index in [-0.39, 0.29) is 16.1 Å². The highest BCUT2D eigenvalue weighted by Gasteiger charge is 2.23. The van der Waals surface area contributed by atoms with Gasteiger partial charge in [-0.15, -0.1) is 11.3 Å². The minimum absolute atomic E-state index is 0.0659. The van der Waals surface area contributed by atoms with Gasteiger partial charge in [0.05, 0.1) is 11.0 Å². The van der Waals surface area contributed by atoms with E-state index in [1.165, 1.54) is 18.2 Å². The van der Waals surface area contributed by atoms with Gasteiger partial charge >= 0.3 is 5.97 Å². The molecular formula is C19H12FN3O3S. The summed E-state index contributed by atoms with van der Waals surface area (Å²) in [6.45, 7) is 0. The van der Waals surface area contributed by atoms with Crippen LogP contribution in [-0.4, -0.2) is 27.0 Å². The summed E-state index contributed by atoms with van der Waals surface area (Å²) in [5, 5.41) is 14.0. The van der Waals surface area contributed by atoms with Gasteiger partial charge in [-0.05, 0) is 30.3 Å². The molecule has 0 aliphatic rings. The Morgan fingerprint density at radius 2 is 1.96 bits per heavy atom. The molecular weight excluding hydrogens is 369 g/mol. The quantitative estimate of drug-likeness (QED) is 0.489. The van der Waals surface area contributed by atoms with E-state index in [2.05, 4.69) is 15.3 Å². The summed E-state index contributed by atoms with van der Waals surface area (Å²) >= 11 is 1.07. The van der Waals surface area contributed by atoms with Crippen molar-refractivity contribution in [2.75, 3.05) is 5.32 Å². The normalized spacial score (nSPS) is 10.9. The first-order valence-corrected chi connectivity index (χ1v) is 8.77. The minimum atomic E-state index is -1.19. The Balaban J connectivity index is 1.72. The molecule has 6 nitrogen and oxygen atoms in total. The molecule has 0 aliphatic heterocycles. The summed E-state index contributed by atoms with van der Waals surface area (Å²) in [6, 6.07) is 12.5. The number of anilines is 1. The number of nitrogens with zero attached hydrogens (tertiary/aromatic N) is 1.